The van der Waals surface area contributed by atoms with Crippen molar-refractivity contribution in [1.82, 2.24) is 4.98 Å². The van der Waals surface area contributed by atoms with E-state index in [0.717, 1.165) is 11.3 Å². The largest absolute Gasteiger partial charge is 0.506 e. The average Bonchev–Trinajstić information content (AvgIpc) is 2.73. The highest BCUT2D eigenvalue weighted by molar-refractivity contribution is 5.97. The molecule has 2 aromatic carbocycles. The molecule has 0 saturated heterocycles. The van der Waals surface area contributed by atoms with Gasteiger partial charge in [-0.3, -0.25) is 14.7 Å². The van der Waals surface area contributed by atoms with Gasteiger partial charge in [-0.15, -0.1) is 0 Å². The molecule has 3 aromatic rings. The van der Waals surface area contributed by atoms with Crippen molar-refractivity contribution in [3.05, 3.63) is 84.2 Å². The van der Waals surface area contributed by atoms with Crippen LogP contribution in [0.3, 0.4) is 0 Å². The minimum absolute atomic E-state index is 0.0339. The number of hydrogen-bond acceptors (Lipinski definition) is 4. The molecular formula is C24H26N2O3. The Kier molecular flexibility index (Phi) is 6.50. The number of aromatic nitrogens is 1. The lowest BCUT2D eigenvalue weighted by molar-refractivity contribution is -0.124. The van der Waals surface area contributed by atoms with Crippen LogP contribution in [0.4, 0.5) is 5.69 Å². The fraction of sp³-hybridized carbons (Fsp3) is 0.250. The van der Waals surface area contributed by atoms with Crippen LogP contribution < -0.4 is 9.64 Å². The first-order valence-electron chi connectivity index (χ1n) is 9.72. The van der Waals surface area contributed by atoms with Gasteiger partial charge in [0.1, 0.15) is 11.5 Å². The number of benzene rings is 2. The highest BCUT2D eigenvalue weighted by Gasteiger charge is 2.26. The van der Waals surface area contributed by atoms with Gasteiger partial charge >= 0.3 is 0 Å². The number of anilines is 1. The number of phenolic OH excluding ortho intramolecular Hbond substituents is 1. The number of carbonyl (C=O) groups is 1. The quantitative estimate of drug-likeness (QED) is 0.622. The summed E-state index contributed by atoms with van der Waals surface area (Å²) in [5, 5.41) is 10.3. The van der Waals surface area contributed by atoms with Gasteiger partial charge in [-0.2, -0.15) is 0 Å². The van der Waals surface area contributed by atoms with Crippen molar-refractivity contribution in [3.63, 3.8) is 0 Å². The van der Waals surface area contributed by atoms with Gasteiger partial charge in [0.2, 0.25) is 0 Å². The zero-order valence-electron chi connectivity index (χ0n) is 16.9. The first-order chi connectivity index (χ1) is 14.0. The molecule has 0 aliphatic carbocycles. The van der Waals surface area contributed by atoms with Crippen LogP contribution in [-0.2, 0) is 11.3 Å². The Morgan fingerprint density at radius 1 is 1.00 bits per heavy atom. The molecule has 0 bridgehead atoms. The number of pyridine rings is 1. The molecule has 5 heteroatoms. The van der Waals surface area contributed by atoms with Crippen molar-refractivity contribution in [2.24, 2.45) is 0 Å². The number of aromatic hydroxyl groups is 1. The third-order valence-corrected chi connectivity index (χ3v) is 4.68. The molecule has 1 aromatic heterocycles. The fourth-order valence-corrected chi connectivity index (χ4v) is 3.15. The topological polar surface area (TPSA) is 62.7 Å². The molecular weight excluding hydrogens is 364 g/mol. The summed E-state index contributed by atoms with van der Waals surface area (Å²) in [5.74, 6) is 0.747. The van der Waals surface area contributed by atoms with Gasteiger partial charge in [0.15, 0.2) is 6.10 Å². The standard InChI is InChI=1S/C24H26N2O3/c1-17(2)20-11-4-7-14-23(20)29-18(3)24(28)26(16-19-10-8-9-15-25-19)21-12-5-6-13-22(21)27/h4-15,17-18,27H,16H2,1-3H3. The van der Waals surface area contributed by atoms with Gasteiger partial charge in [-0.1, -0.05) is 50.2 Å². The SMILES string of the molecule is CC(Oc1ccccc1C(C)C)C(=O)N(Cc1ccccn1)c1ccccc1O. The molecule has 150 valence electrons. The third-order valence-electron chi connectivity index (χ3n) is 4.68. The number of hydrogen-bond donors (Lipinski definition) is 1. The van der Waals surface area contributed by atoms with Gasteiger partial charge in [0.05, 0.1) is 17.9 Å². The molecule has 1 heterocycles. The van der Waals surface area contributed by atoms with E-state index in [2.05, 4.69) is 18.8 Å². The predicted octanol–water partition coefficient (Wildman–Crippen LogP) is 4.91. The Hall–Kier alpha value is -3.34. The highest BCUT2D eigenvalue weighted by atomic mass is 16.5. The lowest BCUT2D eigenvalue weighted by atomic mass is 10.0. The summed E-state index contributed by atoms with van der Waals surface area (Å²) in [5.41, 5.74) is 2.20. The van der Waals surface area contributed by atoms with Crippen molar-refractivity contribution in [2.75, 3.05) is 4.90 Å². The van der Waals surface area contributed by atoms with E-state index in [-0.39, 0.29) is 24.1 Å². The molecule has 1 atom stereocenters. The molecule has 0 aliphatic heterocycles. The summed E-state index contributed by atoms with van der Waals surface area (Å²) in [6.07, 6.45) is 0.944. The molecule has 0 saturated carbocycles. The normalized spacial score (nSPS) is 11.9. The molecule has 1 unspecified atom stereocenters. The van der Waals surface area contributed by atoms with Crippen LogP contribution in [0, 0.1) is 0 Å². The first-order valence-corrected chi connectivity index (χ1v) is 9.72. The van der Waals surface area contributed by atoms with Gasteiger partial charge in [0, 0.05) is 6.20 Å². The molecule has 0 spiro atoms. The number of rotatable bonds is 7. The highest BCUT2D eigenvalue weighted by Crippen LogP contribution is 2.30. The summed E-state index contributed by atoms with van der Waals surface area (Å²) in [7, 11) is 0. The zero-order chi connectivity index (χ0) is 20.8. The minimum atomic E-state index is -0.738. The van der Waals surface area contributed by atoms with Crippen LogP contribution in [0.25, 0.3) is 0 Å². The van der Waals surface area contributed by atoms with E-state index in [1.54, 1.807) is 37.4 Å². The lowest BCUT2D eigenvalue weighted by Gasteiger charge is -2.27. The van der Waals surface area contributed by atoms with E-state index < -0.39 is 6.10 Å². The van der Waals surface area contributed by atoms with Crippen molar-refractivity contribution >= 4 is 11.6 Å². The number of nitrogens with zero attached hydrogens (tertiary/aromatic N) is 2. The second-order valence-corrected chi connectivity index (χ2v) is 7.19. The summed E-state index contributed by atoms with van der Waals surface area (Å²) >= 11 is 0. The van der Waals surface area contributed by atoms with E-state index in [9.17, 15) is 9.90 Å². The Morgan fingerprint density at radius 3 is 2.38 bits per heavy atom. The maximum atomic E-state index is 13.3. The van der Waals surface area contributed by atoms with Crippen molar-refractivity contribution in [2.45, 2.75) is 39.3 Å². The van der Waals surface area contributed by atoms with Gasteiger partial charge in [0.25, 0.3) is 5.91 Å². The van der Waals surface area contributed by atoms with E-state index in [4.69, 9.17) is 4.74 Å². The predicted molar refractivity (Wildman–Crippen MR) is 114 cm³/mol. The lowest BCUT2D eigenvalue weighted by Crippen LogP contribution is -2.40. The zero-order valence-corrected chi connectivity index (χ0v) is 16.9. The van der Waals surface area contributed by atoms with Crippen molar-refractivity contribution in [1.29, 1.82) is 0 Å². The monoisotopic (exact) mass is 390 g/mol. The fourth-order valence-electron chi connectivity index (χ4n) is 3.15. The summed E-state index contributed by atoms with van der Waals surface area (Å²) in [4.78, 5) is 19.2. The van der Waals surface area contributed by atoms with Crippen LogP contribution >= 0.6 is 0 Å². The van der Waals surface area contributed by atoms with Gasteiger partial charge < -0.3 is 9.84 Å². The Labute approximate surface area is 171 Å². The number of ether oxygens (including phenoxy) is 1. The Bertz CT molecular complexity index is 957. The molecule has 29 heavy (non-hydrogen) atoms. The van der Waals surface area contributed by atoms with E-state index in [1.807, 2.05) is 42.5 Å². The van der Waals surface area contributed by atoms with Crippen LogP contribution in [0.15, 0.2) is 72.9 Å². The van der Waals surface area contributed by atoms with Gasteiger partial charge in [-0.25, -0.2) is 0 Å². The van der Waals surface area contributed by atoms with Crippen LogP contribution in [0.5, 0.6) is 11.5 Å². The molecule has 0 radical (unpaired) electrons. The maximum Gasteiger partial charge on any atom is 0.268 e. The van der Waals surface area contributed by atoms with Crippen LogP contribution in [0.2, 0.25) is 0 Å². The number of amides is 1. The third kappa shape index (κ3) is 4.93. The minimum Gasteiger partial charge on any atom is -0.506 e. The van der Waals surface area contributed by atoms with Gasteiger partial charge in [-0.05, 0) is 48.7 Å². The Balaban J connectivity index is 1.89. The summed E-state index contributed by atoms with van der Waals surface area (Å²) < 4.78 is 6.06. The smallest absolute Gasteiger partial charge is 0.268 e. The maximum absolute atomic E-state index is 13.3. The number of phenols is 1. The first kappa shape index (κ1) is 20.4. The van der Waals surface area contributed by atoms with E-state index in [0.29, 0.717) is 11.4 Å². The molecule has 5 nitrogen and oxygen atoms in total. The molecule has 3 rings (SSSR count). The van der Waals surface area contributed by atoms with Crippen molar-refractivity contribution in [3.8, 4) is 11.5 Å². The second-order valence-electron chi connectivity index (χ2n) is 7.19. The average molecular weight is 390 g/mol. The molecule has 0 fully saturated rings. The molecule has 0 aliphatic rings. The summed E-state index contributed by atoms with van der Waals surface area (Å²) in [6, 6.07) is 20.1. The van der Waals surface area contributed by atoms with Crippen molar-refractivity contribution < 1.29 is 14.6 Å². The molecule has 1 amide bonds. The van der Waals surface area contributed by atoms with Crippen LogP contribution in [-0.4, -0.2) is 22.1 Å². The van der Waals surface area contributed by atoms with Crippen LogP contribution in [0.1, 0.15) is 37.9 Å². The van der Waals surface area contributed by atoms with E-state index in [1.165, 1.54) is 4.90 Å². The molecule has 1 N–H and O–H groups in total. The Morgan fingerprint density at radius 2 is 1.69 bits per heavy atom. The number of para-hydroxylation sites is 3. The second kappa shape index (κ2) is 9.24. The number of carbonyl (C=O) groups excluding carboxylic acids is 1. The van der Waals surface area contributed by atoms with E-state index >= 15 is 0 Å². The summed E-state index contributed by atoms with van der Waals surface area (Å²) in [6.45, 7) is 6.13.